The lowest BCUT2D eigenvalue weighted by molar-refractivity contribution is 0.0933. The molecule has 1 aromatic carbocycles. The van der Waals surface area contributed by atoms with E-state index in [-0.39, 0.29) is 28.5 Å². The first-order chi connectivity index (χ1) is 10.8. The van der Waals surface area contributed by atoms with Gasteiger partial charge in [-0.3, -0.25) is 9.59 Å². The van der Waals surface area contributed by atoms with Gasteiger partial charge in [-0.15, -0.1) is 0 Å². The highest BCUT2D eigenvalue weighted by molar-refractivity contribution is 5.93. The highest BCUT2D eigenvalue weighted by Crippen LogP contribution is 2.28. The first-order valence-corrected chi connectivity index (χ1v) is 7.86. The number of aryl methyl sites for hydroxylation is 1. The second kappa shape index (κ2) is 6.82. The van der Waals surface area contributed by atoms with Crippen molar-refractivity contribution in [2.24, 2.45) is 0 Å². The number of aromatic amines is 1. The highest BCUT2D eigenvalue weighted by atomic mass is 16.2. The fraction of sp³-hybridized carbons (Fsp3) is 0.368. The molecule has 0 fully saturated rings. The Morgan fingerprint density at radius 3 is 2.43 bits per heavy atom. The number of H-pyrrole nitrogens is 1. The number of carbonyl (C=O) groups is 1. The van der Waals surface area contributed by atoms with Crippen LogP contribution >= 0.6 is 0 Å². The average Bonchev–Trinajstić information content (AvgIpc) is 2.47. The van der Waals surface area contributed by atoms with Crippen molar-refractivity contribution in [2.45, 2.75) is 45.6 Å². The van der Waals surface area contributed by atoms with Crippen molar-refractivity contribution in [2.75, 3.05) is 0 Å². The first-order valence-electron chi connectivity index (χ1n) is 7.86. The molecular weight excluding hydrogens is 288 g/mol. The fourth-order valence-corrected chi connectivity index (χ4v) is 2.88. The molecule has 0 saturated carbocycles. The van der Waals surface area contributed by atoms with Crippen molar-refractivity contribution in [3.63, 3.8) is 0 Å². The van der Waals surface area contributed by atoms with Crippen LogP contribution in [-0.4, -0.2) is 16.9 Å². The summed E-state index contributed by atoms with van der Waals surface area (Å²) in [5.74, 6) is -0.331. The number of pyridine rings is 1. The predicted octanol–water partition coefficient (Wildman–Crippen LogP) is 3.17. The van der Waals surface area contributed by atoms with E-state index < -0.39 is 0 Å². The molecule has 1 atom stereocenters. The molecule has 23 heavy (non-hydrogen) atoms. The Kier molecular flexibility index (Phi) is 5.04. The Morgan fingerprint density at radius 1 is 1.17 bits per heavy atom. The highest BCUT2D eigenvalue weighted by Gasteiger charge is 2.24. The quantitative estimate of drug-likeness (QED) is 0.891. The second-order valence-corrected chi connectivity index (χ2v) is 6.71. The maximum atomic E-state index is 12.3. The van der Waals surface area contributed by atoms with Crippen LogP contribution in [0, 0.1) is 6.92 Å². The summed E-state index contributed by atoms with van der Waals surface area (Å²) in [5, 5.41) is 2.92. The summed E-state index contributed by atoms with van der Waals surface area (Å²) in [7, 11) is 0. The van der Waals surface area contributed by atoms with Crippen molar-refractivity contribution < 1.29 is 4.79 Å². The van der Waals surface area contributed by atoms with Crippen LogP contribution in [0.3, 0.4) is 0 Å². The summed E-state index contributed by atoms with van der Waals surface area (Å²) in [6.07, 6.45) is 0.784. The lowest BCUT2D eigenvalue weighted by atomic mass is 9.79. The Bertz CT molecular complexity index is 733. The second-order valence-electron chi connectivity index (χ2n) is 6.71. The van der Waals surface area contributed by atoms with Crippen LogP contribution in [0.15, 0.2) is 47.3 Å². The van der Waals surface area contributed by atoms with E-state index in [0.29, 0.717) is 0 Å². The van der Waals surface area contributed by atoms with E-state index in [0.717, 1.165) is 12.1 Å². The van der Waals surface area contributed by atoms with E-state index in [1.807, 2.05) is 25.1 Å². The van der Waals surface area contributed by atoms with E-state index >= 15 is 0 Å². The van der Waals surface area contributed by atoms with Gasteiger partial charge in [0.25, 0.3) is 11.5 Å². The maximum Gasteiger partial charge on any atom is 0.260 e. The number of rotatable bonds is 5. The van der Waals surface area contributed by atoms with Gasteiger partial charge in [0.1, 0.15) is 5.56 Å². The molecule has 0 radical (unpaired) electrons. The third-order valence-corrected chi connectivity index (χ3v) is 4.05. The molecular formula is C19H24N2O2. The number of benzene rings is 1. The summed E-state index contributed by atoms with van der Waals surface area (Å²) >= 11 is 0. The molecule has 0 aliphatic carbocycles. The molecule has 2 aromatic rings. The molecule has 4 heteroatoms. The van der Waals surface area contributed by atoms with Gasteiger partial charge in [-0.1, -0.05) is 44.2 Å². The van der Waals surface area contributed by atoms with E-state index in [1.165, 1.54) is 5.56 Å². The summed E-state index contributed by atoms with van der Waals surface area (Å²) in [4.78, 5) is 26.8. The molecule has 0 aliphatic rings. The number of carbonyl (C=O) groups excluding carboxylic acids is 1. The zero-order valence-corrected chi connectivity index (χ0v) is 14.1. The van der Waals surface area contributed by atoms with Gasteiger partial charge in [0.05, 0.1) is 0 Å². The molecule has 1 amide bonds. The van der Waals surface area contributed by atoms with Crippen LogP contribution < -0.4 is 10.9 Å². The minimum atomic E-state index is -0.350. The zero-order chi connectivity index (χ0) is 17.0. The molecule has 2 N–H and O–H groups in total. The molecule has 0 bridgehead atoms. The third kappa shape index (κ3) is 4.31. The third-order valence-electron chi connectivity index (χ3n) is 4.05. The number of hydrogen-bond donors (Lipinski definition) is 2. The van der Waals surface area contributed by atoms with Gasteiger partial charge in [-0.05, 0) is 43.4 Å². The fourth-order valence-electron chi connectivity index (χ4n) is 2.88. The monoisotopic (exact) mass is 312 g/mol. The molecule has 0 aliphatic heterocycles. The largest absolute Gasteiger partial charge is 0.349 e. The van der Waals surface area contributed by atoms with Crippen molar-refractivity contribution in [1.29, 1.82) is 0 Å². The van der Waals surface area contributed by atoms with Gasteiger partial charge in [-0.2, -0.15) is 0 Å². The van der Waals surface area contributed by atoms with Crippen LogP contribution in [0.25, 0.3) is 0 Å². The van der Waals surface area contributed by atoms with Gasteiger partial charge in [0.15, 0.2) is 0 Å². The lowest BCUT2D eigenvalue weighted by Gasteiger charge is -2.29. The molecule has 1 aromatic heterocycles. The number of aromatic nitrogens is 1. The van der Waals surface area contributed by atoms with Gasteiger partial charge in [0.2, 0.25) is 0 Å². The number of hydrogen-bond acceptors (Lipinski definition) is 2. The number of amides is 1. The average molecular weight is 312 g/mol. The van der Waals surface area contributed by atoms with Gasteiger partial charge >= 0.3 is 0 Å². The summed E-state index contributed by atoms with van der Waals surface area (Å²) in [6, 6.07) is 13.5. The van der Waals surface area contributed by atoms with E-state index in [2.05, 4.69) is 36.3 Å². The molecule has 0 spiro atoms. The van der Waals surface area contributed by atoms with Crippen LogP contribution in [-0.2, 0) is 5.41 Å². The minimum Gasteiger partial charge on any atom is -0.349 e. The molecule has 0 saturated heterocycles. The van der Waals surface area contributed by atoms with Crippen molar-refractivity contribution in [3.8, 4) is 0 Å². The van der Waals surface area contributed by atoms with Crippen LogP contribution in [0.2, 0.25) is 0 Å². The van der Waals surface area contributed by atoms with Crippen molar-refractivity contribution >= 4 is 5.91 Å². The SMILES string of the molecule is Cc1ccc(C(=O)NC(C)CC(C)(C)c2ccccc2)c(=O)[nH]1. The first kappa shape index (κ1) is 17.0. The van der Waals surface area contributed by atoms with Crippen LogP contribution in [0.4, 0.5) is 0 Å². The summed E-state index contributed by atoms with van der Waals surface area (Å²) < 4.78 is 0. The normalized spacial score (nSPS) is 12.7. The Morgan fingerprint density at radius 2 is 1.83 bits per heavy atom. The van der Waals surface area contributed by atoms with Gasteiger partial charge in [0, 0.05) is 11.7 Å². The minimum absolute atomic E-state index is 0.0431. The Labute approximate surface area is 137 Å². The molecule has 4 nitrogen and oxygen atoms in total. The Hall–Kier alpha value is -2.36. The lowest BCUT2D eigenvalue weighted by Crippen LogP contribution is -2.39. The zero-order valence-electron chi connectivity index (χ0n) is 14.1. The molecule has 1 unspecified atom stereocenters. The maximum absolute atomic E-state index is 12.3. The Balaban J connectivity index is 2.05. The van der Waals surface area contributed by atoms with Crippen molar-refractivity contribution in [1.82, 2.24) is 10.3 Å². The van der Waals surface area contributed by atoms with E-state index in [1.54, 1.807) is 19.1 Å². The van der Waals surface area contributed by atoms with E-state index in [4.69, 9.17) is 0 Å². The predicted molar refractivity (Wildman–Crippen MR) is 92.8 cm³/mol. The molecule has 1 heterocycles. The molecule has 122 valence electrons. The van der Waals surface area contributed by atoms with Crippen LogP contribution in [0.5, 0.6) is 0 Å². The molecule has 2 rings (SSSR count). The standard InChI is InChI=1S/C19H24N2O2/c1-13-10-11-16(17(22)20-13)18(23)21-14(2)12-19(3,4)15-8-6-5-7-9-15/h5-11,14H,12H2,1-4H3,(H,20,22)(H,21,23). The van der Waals surface area contributed by atoms with E-state index in [9.17, 15) is 9.59 Å². The smallest absolute Gasteiger partial charge is 0.260 e. The topological polar surface area (TPSA) is 62.0 Å². The van der Waals surface area contributed by atoms with Gasteiger partial charge in [-0.25, -0.2) is 0 Å². The summed E-state index contributed by atoms with van der Waals surface area (Å²) in [5.41, 5.74) is 1.71. The van der Waals surface area contributed by atoms with Gasteiger partial charge < -0.3 is 10.3 Å². The van der Waals surface area contributed by atoms with Crippen LogP contribution in [0.1, 0.15) is 48.8 Å². The van der Waals surface area contributed by atoms with Crippen molar-refractivity contribution in [3.05, 3.63) is 69.6 Å². The number of nitrogens with one attached hydrogen (secondary N) is 2. The summed E-state index contributed by atoms with van der Waals surface area (Å²) in [6.45, 7) is 8.06.